The Morgan fingerprint density at radius 1 is 1.14 bits per heavy atom. The van der Waals surface area contributed by atoms with Crippen LogP contribution in [-0.4, -0.2) is 48.0 Å². The number of hydrogen-bond acceptors (Lipinski definition) is 8. The van der Waals surface area contributed by atoms with Gasteiger partial charge in [0.2, 0.25) is 5.91 Å². The smallest absolute Gasteiger partial charge is 0.248 e. The van der Waals surface area contributed by atoms with Gasteiger partial charge in [0, 0.05) is 36.0 Å². The molecule has 222 valence electrons. The molecule has 2 N–H and O–H groups in total. The van der Waals surface area contributed by atoms with Gasteiger partial charge in [-0.25, -0.2) is 0 Å². The number of nitrogens with zero attached hydrogens (tertiary/aromatic N) is 4. The summed E-state index contributed by atoms with van der Waals surface area (Å²) in [4.78, 5) is 23.8. The van der Waals surface area contributed by atoms with E-state index >= 15 is 0 Å². The van der Waals surface area contributed by atoms with E-state index in [-0.39, 0.29) is 18.4 Å². The van der Waals surface area contributed by atoms with Crippen LogP contribution in [0.2, 0.25) is 5.02 Å². The van der Waals surface area contributed by atoms with Crippen molar-refractivity contribution in [3.05, 3.63) is 88.9 Å². The normalized spacial score (nSPS) is 11.2. The Morgan fingerprint density at radius 3 is 2.60 bits per heavy atom. The van der Waals surface area contributed by atoms with Crippen molar-refractivity contribution in [2.75, 3.05) is 37.9 Å². The van der Waals surface area contributed by atoms with Crippen molar-refractivity contribution < 1.29 is 14.3 Å². The number of halogens is 1. The Hall–Kier alpha value is -4.65. The van der Waals surface area contributed by atoms with E-state index in [0.717, 1.165) is 5.69 Å². The van der Waals surface area contributed by atoms with Gasteiger partial charge in [0.1, 0.15) is 24.2 Å². The molecule has 43 heavy (non-hydrogen) atoms. The van der Waals surface area contributed by atoms with Crippen LogP contribution < -0.4 is 20.1 Å². The largest absolute Gasteiger partial charge is 0.492 e. The zero-order valence-corrected chi connectivity index (χ0v) is 25.7. The van der Waals surface area contributed by atoms with Gasteiger partial charge in [0.05, 0.1) is 45.5 Å². The number of aromatic nitrogens is 2. The van der Waals surface area contributed by atoms with E-state index in [0.29, 0.717) is 68.9 Å². The monoisotopic (exact) mass is 598 g/mol. The first-order valence-electron chi connectivity index (χ1n) is 14.0. The zero-order valence-electron chi connectivity index (χ0n) is 24.9. The number of pyridine rings is 2. The van der Waals surface area contributed by atoms with Crippen LogP contribution in [-0.2, 0) is 11.4 Å². The summed E-state index contributed by atoms with van der Waals surface area (Å²) in [5.74, 6) is 0.675. The average Bonchev–Trinajstić information content (AvgIpc) is 2.97. The van der Waals surface area contributed by atoms with Crippen molar-refractivity contribution in [1.29, 1.82) is 5.26 Å². The summed E-state index contributed by atoms with van der Waals surface area (Å²) >= 11 is 6.60. The number of carbonyl (C=O) groups excluding carboxylic acids is 1. The van der Waals surface area contributed by atoms with E-state index < -0.39 is 0 Å². The third-order valence-corrected chi connectivity index (χ3v) is 6.67. The fourth-order valence-corrected chi connectivity index (χ4v) is 4.60. The maximum absolute atomic E-state index is 12.8. The number of nitriles is 1. The van der Waals surface area contributed by atoms with Crippen molar-refractivity contribution >= 4 is 45.5 Å². The van der Waals surface area contributed by atoms with E-state index in [2.05, 4.69) is 21.7 Å². The lowest BCUT2D eigenvalue weighted by atomic mass is 9.99. The molecule has 0 aliphatic carbocycles. The van der Waals surface area contributed by atoms with Crippen LogP contribution in [0.5, 0.6) is 11.5 Å². The molecule has 0 fully saturated rings. The number of rotatable bonds is 12. The maximum atomic E-state index is 12.8. The van der Waals surface area contributed by atoms with Gasteiger partial charge >= 0.3 is 0 Å². The van der Waals surface area contributed by atoms with Crippen LogP contribution in [0.3, 0.4) is 0 Å². The van der Waals surface area contributed by atoms with Crippen LogP contribution in [0.25, 0.3) is 10.9 Å². The molecule has 10 heteroatoms. The Morgan fingerprint density at radius 2 is 1.95 bits per heavy atom. The van der Waals surface area contributed by atoms with Crippen LogP contribution >= 0.6 is 11.6 Å². The summed E-state index contributed by atoms with van der Waals surface area (Å²) < 4.78 is 11.8. The number of amides is 1. The van der Waals surface area contributed by atoms with Gasteiger partial charge in [-0.3, -0.25) is 14.8 Å². The molecule has 0 saturated heterocycles. The summed E-state index contributed by atoms with van der Waals surface area (Å²) in [6.07, 6.45) is 4.97. The lowest BCUT2D eigenvalue weighted by molar-refractivity contribution is -0.111. The lowest BCUT2D eigenvalue weighted by Gasteiger charge is -2.19. The van der Waals surface area contributed by atoms with Crippen LogP contribution in [0.1, 0.15) is 43.6 Å². The number of anilines is 3. The first kappa shape index (κ1) is 31.3. The van der Waals surface area contributed by atoms with Gasteiger partial charge in [-0.2, -0.15) is 5.26 Å². The van der Waals surface area contributed by atoms with Gasteiger partial charge in [-0.05, 0) is 63.3 Å². The van der Waals surface area contributed by atoms with Gasteiger partial charge in [0.15, 0.2) is 0 Å². The molecule has 0 radical (unpaired) electrons. The Balaban J connectivity index is 1.75. The molecule has 2 aromatic heterocycles. The Bertz CT molecular complexity index is 1670. The quantitative estimate of drug-likeness (QED) is 0.167. The minimum absolute atomic E-state index is 0.0256. The topological polar surface area (TPSA) is 112 Å². The third kappa shape index (κ3) is 8.01. The summed E-state index contributed by atoms with van der Waals surface area (Å²) in [5.41, 5.74) is 4.13. The summed E-state index contributed by atoms with van der Waals surface area (Å²) in [7, 11) is 3.85. The summed E-state index contributed by atoms with van der Waals surface area (Å²) in [6, 6.07) is 16.9. The molecule has 1 amide bonds. The molecule has 0 spiro atoms. The van der Waals surface area contributed by atoms with Gasteiger partial charge in [0.25, 0.3) is 0 Å². The number of carbonyl (C=O) groups is 1. The number of fused-ring (bicyclic) bond motifs is 1. The molecular weight excluding hydrogens is 564 g/mol. The molecule has 4 rings (SSSR count). The summed E-state index contributed by atoms with van der Waals surface area (Å²) in [5, 5.41) is 17.6. The number of likely N-dealkylation sites (N-methyl/N-ethyl adjacent to an activating group) is 1. The zero-order chi connectivity index (χ0) is 30.9. The first-order valence-corrected chi connectivity index (χ1v) is 14.3. The predicted octanol–water partition coefficient (Wildman–Crippen LogP) is 7.06. The molecule has 0 aliphatic rings. The molecule has 9 nitrogen and oxygen atoms in total. The molecule has 2 heterocycles. The van der Waals surface area contributed by atoms with Crippen LogP contribution in [0.4, 0.5) is 17.1 Å². The SMILES string of the molecule is CCOc1cc2nc(C(C)C)c(C#N)c(Nc3ccc(OCc4ccccn4)c(Cl)c3)c2cc1NC(=O)/C=C/CN(C)C. The standard InChI is InChI=1S/C33H35ClN6O3/c1-6-42-30-18-27-24(17-28(30)38-31(41)11-9-15-40(4)5)33(25(19-35)32(39-27)21(2)3)37-22-12-13-29(26(34)16-22)43-20-23-10-7-8-14-36-23/h7-14,16-18,21H,6,15,20H2,1-5H3,(H,37,39)(H,38,41)/b11-9+. The molecule has 2 aromatic carbocycles. The van der Waals surface area contributed by atoms with Crippen molar-refractivity contribution in [2.45, 2.75) is 33.3 Å². The molecule has 4 aromatic rings. The van der Waals surface area contributed by atoms with Crippen molar-refractivity contribution in [3.63, 3.8) is 0 Å². The van der Waals surface area contributed by atoms with Gasteiger partial charge in [-0.15, -0.1) is 0 Å². The highest BCUT2D eigenvalue weighted by Gasteiger charge is 2.21. The predicted molar refractivity (Wildman–Crippen MR) is 171 cm³/mol. The minimum Gasteiger partial charge on any atom is -0.492 e. The molecule has 0 unspecified atom stereocenters. The second kappa shape index (κ2) is 14.5. The molecule has 0 atom stereocenters. The van der Waals surface area contributed by atoms with Crippen molar-refractivity contribution in [2.24, 2.45) is 0 Å². The van der Waals surface area contributed by atoms with Crippen LogP contribution in [0, 0.1) is 11.3 Å². The Kier molecular flexibility index (Phi) is 10.5. The van der Waals surface area contributed by atoms with Gasteiger partial charge in [-0.1, -0.05) is 37.6 Å². The highest BCUT2D eigenvalue weighted by atomic mass is 35.5. The van der Waals surface area contributed by atoms with E-state index in [9.17, 15) is 10.1 Å². The lowest BCUT2D eigenvalue weighted by Crippen LogP contribution is -2.13. The van der Waals surface area contributed by atoms with Gasteiger partial charge < -0.3 is 25.0 Å². The van der Waals surface area contributed by atoms with E-state index in [1.807, 2.05) is 64.0 Å². The van der Waals surface area contributed by atoms with E-state index in [4.69, 9.17) is 26.1 Å². The first-order chi connectivity index (χ1) is 20.7. The van der Waals surface area contributed by atoms with Crippen LogP contribution in [0.15, 0.2) is 66.9 Å². The third-order valence-electron chi connectivity index (χ3n) is 6.37. The summed E-state index contributed by atoms with van der Waals surface area (Å²) in [6.45, 7) is 7.15. The fourth-order valence-electron chi connectivity index (χ4n) is 4.36. The van der Waals surface area contributed by atoms with E-state index in [1.54, 1.807) is 36.5 Å². The van der Waals surface area contributed by atoms with E-state index in [1.165, 1.54) is 6.08 Å². The second-order valence-electron chi connectivity index (χ2n) is 10.3. The number of ether oxygens (including phenoxy) is 2. The second-order valence-corrected chi connectivity index (χ2v) is 10.8. The van der Waals surface area contributed by atoms with Crippen molar-refractivity contribution in [1.82, 2.24) is 14.9 Å². The maximum Gasteiger partial charge on any atom is 0.248 e. The number of nitrogens with one attached hydrogen (secondary N) is 2. The molecule has 0 bridgehead atoms. The van der Waals surface area contributed by atoms with Crippen molar-refractivity contribution in [3.8, 4) is 17.6 Å². The number of hydrogen-bond donors (Lipinski definition) is 2. The fraction of sp³-hybridized carbons (Fsp3) is 0.273. The number of benzene rings is 2. The molecule has 0 aliphatic heterocycles. The molecule has 0 saturated carbocycles. The highest BCUT2D eigenvalue weighted by molar-refractivity contribution is 6.32. The Labute approximate surface area is 257 Å². The molecular formula is C33H35ClN6O3. The minimum atomic E-state index is -0.294. The highest BCUT2D eigenvalue weighted by Crippen LogP contribution is 2.39. The average molecular weight is 599 g/mol.